The number of hydrogen-bond donors (Lipinski definition) is 1. The Bertz CT molecular complexity index is 248. The number of ether oxygens (including phenoxy) is 1. The molecule has 0 aromatic carbocycles. The topological polar surface area (TPSA) is 55.6 Å². The standard InChI is InChI=1S/C12H24N2O2/c1-11(2,12(3,4)13)10(15)14-6-5-8-16-9-7-14/h5-9,13H2,1-4H3. The number of rotatable bonds is 2. The van der Waals surface area contributed by atoms with Gasteiger partial charge in [0.1, 0.15) is 0 Å². The maximum Gasteiger partial charge on any atom is 0.230 e. The third-order valence-electron chi connectivity index (χ3n) is 3.65. The molecule has 0 atom stereocenters. The van der Waals surface area contributed by atoms with E-state index in [2.05, 4.69) is 0 Å². The molecule has 0 radical (unpaired) electrons. The third kappa shape index (κ3) is 2.74. The van der Waals surface area contributed by atoms with Crippen LogP contribution < -0.4 is 5.73 Å². The summed E-state index contributed by atoms with van der Waals surface area (Å²) in [5.74, 6) is 0.130. The Hall–Kier alpha value is -0.610. The smallest absolute Gasteiger partial charge is 0.230 e. The molecule has 1 aliphatic heterocycles. The Morgan fingerprint density at radius 1 is 1.19 bits per heavy atom. The highest BCUT2D eigenvalue weighted by molar-refractivity contribution is 5.83. The van der Waals surface area contributed by atoms with E-state index in [-0.39, 0.29) is 5.91 Å². The van der Waals surface area contributed by atoms with Crippen LogP contribution in [0.1, 0.15) is 34.1 Å². The summed E-state index contributed by atoms with van der Waals surface area (Å²) in [6.07, 6.45) is 0.910. The zero-order valence-electron chi connectivity index (χ0n) is 10.9. The number of amides is 1. The first kappa shape index (κ1) is 13.5. The summed E-state index contributed by atoms with van der Waals surface area (Å²) in [6, 6.07) is 0. The minimum Gasteiger partial charge on any atom is -0.380 e. The van der Waals surface area contributed by atoms with E-state index in [1.807, 2.05) is 32.6 Å². The molecule has 0 saturated carbocycles. The molecular weight excluding hydrogens is 204 g/mol. The van der Waals surface area contributed by atoms with E-state index in [1.54, 1.807) is 0 Å². The predicted molar refractivity (Wildman–Crippen MR) is 64.1 cm³/mol. The zero-order valence-corrected chi connectivity index (χ0v) is 10.9. The van der Waals surface area contributed by atoms with Gasteiger partial charge in [-0.25, -0.2) is 0 Å². The molecule has 0 bridgehead atoms. The van der Waals surface area contributed by atoms with Crippen molar-refractivity contribution in [2.75, 3.05) is 26.3 Å². The van der Waals surface area contributed by atoms with E-state index in [9.17, 15) is 4.79 Å². The van der Waals surface area contributed by atoms with E-state index in [0.717, 1.165) is 19.6 Å². The van der Waals surface area contributed by atoms with Crippen LogP contribution in [-0.2, 0) is 9.53 Å². The summed E-state index contributed by atoms with van der Waals surface area (Å²) in [7, 11) is 0. The lowest BCUT2D eigenvalue weighted by atomic mass is 9.74. The van der Waals surface area contributed by atoms with Crippen molar-refractivity contribution in [2.45, 2.75) is 39.7 Å². The van der Waals surface area contributed by atoms with E-state index >= 15 is 0 Å². The molecule has 4 heteroatoms. The Kier molecular flexibility index (Phi) is 3.97. The van der Waals surface area contributed by atoms with Crippen molar-refractivity contribution >= 4 is 5.91 Å². The van der Waals surface area contributed by atoms with Crippen LogP contribution in [0.5, 0.6) is 0 Å². The number of carbonyl (C=O) groups is 1. The van der Waals surface area contributed by atoms with Crippen LogP contribution in [0.2, 0.25) is 0 Å². The summed E-state index contributed by atoms with van der Waals surface area (Å²) in [5.41, 5.74) is 5.02. The Morgan fingerprint density at radius 2 is 1.81 bits per heavy atom. The second kappa shape index (κ2) is 4.72. The van der Waals surface area contributed by atoms with Gasteiger partial charge in [-0.3, -0.25) is 4.79 Å². The minimum absolute atomic E-state index is 0.130. The zero-order chi connectivity index (χ0) is 12.4. The van der Waals surface area contributed by atoms with Gasteiger partial charge in [0, 0.05) is 25.2 Å². The quantitative estimate of drug-likeness (QED) is 0.767. The number of carbonyl (C=O) groups excluding carboxylic acids is 1. The minimum atomic E-state index is -0.544. The lowest BCUT2D eigenvalue weighted by Crippen LogP contribution is -2.56. The highest BCUT2D eigenvalue weighted by Crippen LogP contribution is 2.30. The van der Waals surface area contributed by atoms with Crippen molar-refractivity contribution in [3.63, 3.8) is 0 Å². The van der Waals surface area contributed by atoms with Gasteiger partial charge >= 0.3 is 0 Å². The Balaban J connectivity index is 2.75. The average Bonchev–Trinajstić information content (AvgIpc) is 2.42. The number of nitrogens with zero attached hydrogens (tertiary/aromatic N) is 1. The van der Waals surface area contributed by atoms with E-state index < -0.39 is 11.0 Å². The Morgan fingerprint density at radius 3 is 2.38 bits per heavy atom. The third-order valence-corrected chi connectivity index (χ3v) is 3.65. The summed E-state index contributed by atoms with van der Waals surface area (Å²) >= 11 is 0. The van der Waals surface area contributed by atoms with Gasteiger partial charge in [-0.1, -0.05) is 0 Å². The molecule has 0 aromatic rings. The molecule has 16 heavy (non-hydrogen) atoms. The van der Waals surface area contributed by atoms with Crippen LogP contribution in [-0.4, -0.2) is 42.6 Å². The summed E-state index contributed by atoms with van der Waals surface area (Å²) in [5, 5.41) is 0. The summed E-state index contributed by atoms with van der Waals surface area (Å²) in [6.45, 7) is 10.5. The molecule has 1 fully saturated rings. The molecule has 1 heterocycles. The van der Waals surface area contributed by atoms with Gasteiger partial charge < -0.3 is 15.4 Å². The first-order valence-electron chi connectivity index (χ1n) is 5.93. The van der Waals surface area contributed by atoms with Crippen LogP contribution in [0.3, 0.4) is 0 Å². The van der Waals surface area contributed by atoms with E-state index in [4.69, 9.17) is 10.5 Å². The predicted octanol–water partition coefficient (Wildman–Crippen LogP) is 0.999. The van der Waals surface area contributed by atoms with Crippen LogP contribution in [0.15, 0.2) is 0 Å². The molecule has 0 spiro atoms. The molecule has 94 valence electrons. The lowest BCUT2D eigenvalue weighted by molar-refractivity contribution is -0.143. The molecule has 1 amide bonds. The van der Waals surface area contributed by atoms with Gasteiger partial charge in [0.15, 0.2) is 0 Å². The highest BCUT2D eigenvalue weighted by atomic mass is 16.5. The van der Waals surface area contributed by atoms with Crippen molar-refractivity contribution in [1.29, 1.82) is 0 Å². The van der Waals surface area contributed by atoms with Gasteiger partial charge in [0.25, 0.3) is 0 Å². The maximum absolute atomic E-state index is 12.4. The van der Waals surface area contributed by atoms with Gasteiger partial charge in [-0.15, -0.1) is 0 Å². The molecule has 0 aliphatic carbocycles. The molecule has 0 aromatic heterocycles. The number of hydrogen-bond acceptors (Lipinski definition) is 3. The molecule has 4 nitrogen and oxygen atoms in total. The normalized spacial score (nSPS) is 19.4. The molecule has 1 saturated heterocycles. The fourth-order valence-electron chi connectivity index (χ4n) is 1.62. The SMILES string of the molecule is CC(C)(N)C(C)(C)C(=O)N1CCCOCC1. The van der Waals surface area contributed by atoms with Crippen molar-refractivity contribution < 1.29 is 9.53 Å². The van der Waals surface area contributed by atoms with Crippen molar-refractivity contribution in [3.05, 3.63) is 0 Å². The van der Waals surface area contributed by atoms with Crippen molar-refractivity contribution in [2.24, 2.45) is 11.1 Å². The van der Waals surface area contributed by atoms with Crippen molar-refractivity contribution in [3.8, 4) is 0 Å². The largest absolute Gasteiger partial charge is 0.380 e. The maximum atomic E-state index is 12.4. The first-order chi connectivity index (χ1) is 7.27. The molecule has 2 N–H and O–H groups in total. The lowest BCUT2D eigenvalue weighted by Gasteiger charge is -2.40. The second-order valence-corrected chi connectivity index (χ2v) is 5.60. The van der Waals surface area contributed by atoms with Crippen molar-refractivity contribution in [1.82, 2.24) is 4.90 Å². The Labute approximate surface area is 98.1 Å². The molecular formula is C12H24N2O2. The monoisotopic (exact) mass is 228 g/mol. The van der Waals surface area contributed by atoms with Crippen LogP contribution in [0, 0.1) is 5.41 Å². The van der Waals surface area contributed by atoms with Crippen LogP contribution in [0.25, 0.3) is 0 Å². The van der Waals surface area contributed by atoms with Crippen LogP contribution >= 0.6 is 0 Å². The second-order valence-electron chi connectivity index (χ2n) is 5.60. The fourth-order valence-corrected chi connectivity index (χ4v) is 1.62. The molecule has 1 aliphatic rings. The highest BCUT2D eigenvalue weighted by Gasteiger charge is 2.42. The van der Waals surface area contributed by atoms with Gasteiger partial charge in [0.05, 0.1) is 12.0 Å². The van der Waals surface area contributed by atoms with Gasteiger partial charge in [-0.05, 0) is 34.1 Å². The average molecular weight is 228 g/mol. The van der Waals surface area contributed by atoms with Crippen LogP contribution in [0.4, 0.5) is 0 Å². The molecule has 0 unspecified atom stereocenters. The first-order valence-corrected chi connectivity index (χ1v) is 5.93. The fraction of sp³-hybridized carbons (Fsp3) is 0.917. The summed E-state index contributed by atoms with van der Waals surface area (Å²) in [4.78, 5) is 14.3. The van der Waals surface area contributed by atoms with E-state index in [0.29, 0.717) is 13.2 Å². The number of nitrogens with two attached hydrogens (primary N) is 1. The summed E-state index contributed by atoms with van der Waals surface area (Å²) < 4.78 is 5.35. The van der Waals surface area contributed by atoms with E-state index in [1.165, 1.54) is 0 Å². The van der Waals surface area contributed by atoms with Gasteiger partial charge in [-0.2, -0.15) is 0 Å². The molecule has 1 rings (SSSR count). The van der Waals surface area contributed by atoms with Gasteiger partial charge in [0.2, 0.25) is 5.91 Å².